The lowest BCUT2D eigenvalue weighted by Gasteiger charge is -2.39. The fraction of sp³-hybridized carbons (Fsp3) is 0.375. The highest BCUT2D eigenvalue weighted by Gasteiger charge is 2.41. The highest BCUT2D eigenvalue weighted by atomic mass is 35.5. The van der Waals surface area contributed by atoms with Gasteiger partial charge in [-0.1, -0.05) is 29.8 Å². The number of fused-ring (bicyclic) bond motifs is 1. The highest BCUT2D eigenvalue weighted by Crippen LogP contribution is 2.38. The Morgan fingerprint density at radius 1 is 1.09 bits per heavy atom. The van der Waals surface area contributed by atoms with Crippen molar-refractivity contribution in [2.45, 2.75) is 38.0 Å². The van der Waals surface area contributed by atoms with Gasteiger partial charge in [0.05, 0.1) is 12.1 Å². The van der Waals surface area contributed by atoms with Crippen LogP contribution in [0.3, 0.4) is 0 Å². The van der Waals surface area contributed by atoms with Crippen LogP contribution in [0.25, 0.3) is 11.5 Å². The predicted octanol–water partition coefficient (Wildman–Crippen LogP) is 4.81. The Hall–Kier alpha value is -2.88. The number of aliphatic hydroxyl groups is 1. The van der Waals surface area contributed by atoms with Crippen LogP contribution in [0.5, 0.6) is 0 Å². The highest BCUT2D eigenvalue weighted by molar-refractivity contribution is 6.30. The topological polar surface area (TPSA) is 88.7 Å². The van der Waals surface area contributed by atoms with Crippen molar-refractivity contribution in [1.82, 2.24) is 15.1 Å². The number of benzene rings is 2. The third kappa shape index (κ3) is 4.31. The maximum atomic E-state index is 13.5. The first kappa shape index (κ1) is 22.9. The lowest BCUT2D eigenvalue weighted by molar-refractivity contribution is -0.0213. The second kappa shape index (κ2) is 9.40. The first-order chi connectivity index (χ1) is 16.4. The minimum absolute atomic E-state index is 0.0432. The Bertz CT molecular complexity index is 1180. The van der Waals surface area contributed by atoms with Crippen molar-refractivity contribution in [2.24, 2.45) is 5.92 Å². The Morgan fingerprint density at radius 3 is 2.50 bits per heavy atom. The van der Waals surface area contributed by atoms with Crippen molar-refractivity contribution in [3.8, 4) is 11.5 Å². The van der Waals surface area contributed by atoms with Crippen molar-refractivity contribution in [3.63, 3.8) is 0 Å². The summed E-state index contributed by atoms with van der Waals surface area (Å²) in [6.07, 6.45) is -2.34. The quantitative estimate of drug-likeness (QED) is 0.534. The largest absolute Gasteiger partial charge is 0.415 e. The average Bonchev–Trinajstić information content (AvgIpc) is 3.46. The number of aromatic nitrogens is 2. The molecule has 1 fully saturated rings. The monoisotopic (exact) mass is 489 g/mol. The molecule has 1 aromatic heterocycles. The van der Waals surface area contributed by atoms with Gasteiger partial charge in [0.25, 0.3) is 11.8 Å². The third-order valence-electron chi connectivity index (χ3n) is 6.46. The van der Waals surface area contributed by atoms with Gasteiger partial charge in [-0.05, 0) is 54.2 Å². The van der Waals surface area contributed by atoms with Crippen LogP contribution >= 0.6 is 11.6 Å². The lowest BCUT2D eigenvalue weighted by atomic mass is 9.84. The molecule has 10 heteroatoms. The number of ether oxygens (including phenoxy) is 1. The van der Waals surface area contributed by atoms with E-state index in [1.807, 2.05) is 0 Å². The first-order valence-corrected chi connectivity index (χ1v) is 11.4. The van der Waals surface area contributed by atoms with Crippen LogP contribution in [-0.4, -0.2) is 45.4 Å². The minimum Gasteiger partial charge on any atom is -0.415 e. The van der Waals surface area contributed by atoms with Gasteiger partial charge >= 0.3 is 6.43 Å². The van der Waals surface area contributed by atoms with Gasteiger partial charge in [0, 0.05) is 35.9 Å². The van der Waals surface area contributed by atoms with E-state index < -0.39 is 24.5 Å². The molecule has 34 heavy (non-hydrogen) atoms. The van der Waals surface area contributed by atoms with Gasteiger partial charge in [0.2, 0.25) is 5.89 Å². The number of nitrogens with zero attached hydrogens (tertiary/aromatic N) is 3. The zero-order valence-corrected chi connectivity index (χ0v) is 18.8. The fourth-order valence-corrected chi connectivity index (χ4v) is 4.86. The molecule has 178 valence electrons. The SMILES string of the molecule is O=C1c2cc(-c3nnc(C(F)F)o3)ccc2CN1C(C1CCOCC1)C(O)c1ccc(Cl)cc1. The van der Waals surface area contributed by atoms with E-state index in [9.17, 15) is 18.7 Å². The van der Waals surface area contributed by atoms with Crippen LogP contribution < -0.4 is 0 Å². The zero-order valence-electron chi connectivity index (χ0n) is 18.0. The number of halogens is 3. The van der Waals surface area contributed by atoms with Gasteiger partial charge < -0.3 is 19.2 Å². The molecule has 1 N–H and O–H groups in total. The van der Waals surface area contributed by atoms with Crippen molar-refractivity contribution in [2.75, 3.05) is 13.2 Å². The van der Waals surface area contributed by atoms with Crippen LogP contribution in [0.4, 0.5) is 8.78 Å². The van der Waals surface area contributed by atoms with Crippen molar-refractivity contribution in [3.05, 3.63) is 70.1 Å². The molecule has 0 spiro atoms. The summed E-state index contributed by atoms with van der Waals surface area (Å²) < 4.78 is 36.2. The number of aliphatic hydroxyl groups excluding tert-OH is 1. The Morgan fingerprint density at radius 2 is 1.82 bits per heavy atom. The number of carbonyl (C=O) groups excluding carboxylic acids is 1. The summed E-state index contributed by atoms with van der Waals surface area (Å²) in [4.78, 5) is 15.2. The van der Waals surface area contributed by atoms with E-state index in [2.05, 4.69) is 10.2 Å². The number of hydrogen-bond acceptors (Lipinski definition) is 6. The van der Waals surface area contributed by atoms with Gasteiger partial charge in [0.1, 0.15) is 0 Å². The minimum atomic E-state index is -2.87. The smallest absolute Gasteiger partial charge is 0.314 e. The van der Waals surface area contributed by atoms with Crippen molar-refractivity contribution in [1.29, 1.82) is 0 Å². The molecule has 2 aliphatic rings. The van der Waals surface area contributed by atoms with Gasteiger partial charge in [-0.3, -0.25) is 4.79 Å². The summed E-state index contributed by atoms with van der Waals surface area (Å²) >= 11 is 6.02. The van der Waals surface area contributed by atoms with Crippen molar-refractivity contribution >= 4 is 17.5 Å². The van der Waals surface area contributed by atoms with E-state index in [-0.39, 0.29) is 17.7 Å². The number of amides is 1. The molecular weight excluding hydrogens is 468 g/mol. The van der Waals surface area contributed by atoms with Gasteiger partial charge in [-0.2, -0.15) is 8.78 Å². The molecule has 2 aliphatic heterocycles. The van der Waals surface area contributed by atoms with E-state index in [1.165, 1.54) is 0 Å². The van der Waals surface area contributed by atoms with E-state index in [1.54, 1.807) is 47.4 Å². The second-order valence-corrected chi connectivity index (χ2v) is 8.92. The van der Waals surface area contributed by atoms with Gasteiger partial charge in [-0.15, -0.1) is 10.2 Å². The van der Waals surface area contributed by atoms with E-state index in [4.69, 9.17) is 20.8 Å². The summed E-state index contributed by atoms with van der Waals surface area (Å²) in [6, 6.07) is 11.5. The number of carbonyl (C=O) groups is 1. The van der Waals surface area contributed by atoms with Crippen molar-refractivity contribution < 1.29 is 27.8 Å². The maximum Gasteiger partial charge on any atom is 0.314 e. The maximum absolute atomic E-state index is 13.5. The van der Waals surface area contributed by atoms with Crippen LogP contribution in [0.2, 0.25) is 5.02 Å². The summed E-state index contributed by atoms with van der Waals surface area (Å²) in [5.74, 6) is -1.04. The molecule has 0 aliphatic carbocycles. The average molecular weight is 490 g/mol. The first-order valence-electron chi connectivity index (χ1n) is 11.0. The molecule has 2 unspecified atom stereocenters. The Balaban J connectivity index is 1.46. The molecule has 1 saturated heterocycles. The van der Waals surface area contributed by atoms with E-state index in [0.29, 0.717) is 41.5 Å². The van der Waals surface area contributed by atoms with Crippen LogP contribution in [0.1, 0.15) is 52.7 Å². The Kier molecular flexibility index (Phi) is 6.33. The molecule has 3 aromatic rings. The third-order valence-corrected chi connectivity index (χ3v) is 6.71. The fourth-order valence-electron chi connectivity index (χ4n) is 4.73. The molecule has 2 atom stereocenters. The molecule has 5 rings (SSSR count). The number of rotatable bonds is 6. The lowest BCUT2D eigenvalue weighted by Crippen LogP contribution is -2.46. The summed E-state index contributed by atoms with van der Waals surface area (Å²) in [6.45, 7) is 1.46. The molecular formula is C24H22ClF2N3O4. The normalized spacial score (nSPS) is 18.4. The molecule has 0 radical (unpaired) electrons. The summed E-state index contributed by atoms with van der Waals surface area (Å²) in [7, 11) is 0. The molecule has 3 heterocycles. The Labute approximate surface area is 199 Å². The molecule has 0 saturated carbocycles. The van der Waals surface area contributed by atoms with E-state index in [0.717, 1.165) is 18.4 Å². The predicted molar refractivity (Wildman–Crippen MR) is 118 cm³/mol. The van der Waals surface area contributed by atoms with Gasteiger partial charge in [0.15, 0.2) is 0 Å². The second-order valence-electron chi connectivity index (χ2n) is 8.49. The molecule has 2 aromatic carbocycles. The molecule has 7 nitrogen and oxygen atoms in total. The number of hydrogen-bond donors (Lipinski definition) is 1. The van der Waals surface area contributed by atoms with Crippen LogP contribution in [0.15, 0.2) is 46.9 Å². The molecule has 0 bridgehead atoms. The summed E-state index contributed by atoms with van der Waals surface area (Å²) in [5, 5.41) is 19.0. The van der Waals surface area contributed by atoms with Crippen LogP contribution in [-0.2, 0) is 11.3 Å². The van der Waals surface area contributed by atoms with E-state index >= 15 is 0 Å². The standard InChI is InChI=1S/C24H22ClF2N3O4/c25-17-5-3-14(4-6-17)20(31)19(13-7-9-33-10-8-13)30-12-16-2-1-15(11-18(16)24(30)32)22-28-29-23(34-22)21(26)27/h1-6,11,13,19-21,31H,7-10,12H2. The summed E-state index contributed by atoms with van der Waals surface area (Å²) in [5.41, 5.74) is 2.27. The number of alkyl halides is 2. The molecule has 1 amide bonds. The zero-order chi connectivity index (χ0) is 23.8. The van der Waals surface area contributed by atoms with Crippen LogP contribution in [0, 0.1) is 5.92 Å². The van der Waals surface area contributed by atoms with Gasteiger partial charge in [-0.25, -0.2) is 0 Å².